The summed E-state index contributed by atoms with van der Waals surface area (Å²) in [5.74, 6) is -1.70. The van der Waals surface area contributed by atoms with Crippen molar-refractivity contribution >= 4 is 61.0 Å². The number of fused-ring (bicyclic) bond motifs is 1. The minimum atomic E-state index is -0.748. The lowest BCUT2D eigenvalue weighted by Gasteiger charge is -2.29. The molecular formula is C21H16Br2N2O6. The minimum absolute atomic E-state index is 0.0425. The van der Waals surface area contributed by atoms with Gasteiger partial charge in [-0.1, -0.05) is 37.9 Å². The summed E-state index contributed by atoms with van der Waals surface area (Å²) in [6.45, 7) is 0. The molecule has 2 fully saturated rings. The Labute approximate surface area is 194 Å². The molecule has 160 valence electrons. The smallest absolute Gasteiger partial charge is 0.343 e. The number of benzene rings is 2. The standard InChI is InChI=1S/C21H16Br2N2O6/c22-17-9-15-16(10-18(17)23)20(27)24(19(15)26)12-4-6-14(7-5-12)31-21(28)11-2-1-3-13(8-11)25(29)30/h1-8,15-18H,9-10H2/t15-,16-,17-,18+/m0/s1. The first-order chi connectivity index (χ1) is 14.8. The molecule has 0 radical (unpaired) electrons. The van der Waals surface area contributed by atoms with E-state index in [2.05, 4.69) is 31.9 Å². The van der Waals surface area contributed by atoms with E-state index < -0.39 is 10.9 Å². The highest BCUT2D eigenvalue weighted by atomic mass is 79.9. The Morgan fingerprint density at radius 3 is 2.13 bits per heavy atom. The summed E-state index contributed by atoms with van der Waals surface area (Å²) in [5.41, 5.74) is 0.242. The summed E-state index contributed by atoms with van der Waals surface area (Å²) in [6, 6.07) is 11.3. The molecule has 1 heterocycles. The third kappa shape index (κ3) is 4.14. The number of carbonyl (C=O) groups is 3. The van der Waals surface area contributed by atoms with Crippen LogP contribution >= 0.6 is 31.9 Å². The van der Waals surface area contributed by atoms with Crippen LogP contribution in [-0.4, -0.2) is 32.4 Å². The van der Waals surface area contributed by atoms with Gasteiger partial charge in [0.25, 0.3) is 5.69 Å². The molecule has 31 heavy (non-hydrogen) atoms. The second kappa shape index (κ2) is 8.51. The Kier molecular flexibility index (Phi) is 5.94. The van der Waals surface area contributed by atoms with Gasteiger partial charge in [-0.05, 0) is 43.2 Å². The van der Waals surface area contributed by atoms with E-state index >= 15 is 0 Å². The summed E-state index contributed by atoms with van der Waals surface area (Å²) in [7, 11) is 0. The van der Waals surface area contributed by atoms with E-state index in [0.717, 1.165) is 6.07 Å². The van der Waals surface area contributed by atoms with Gasteiger partial charge in [0.05, 0.1) is 28.0 Å². The molecule has 2 amide bonds. The summed E-state index contributed by atoms with van der Waals surface area (Å²) < 4.78 is 5.27. The second-order valence-corrected chi connectivity index (χ2v) is 9.77. The van der Waals surface area contributed by atoms with E-state index in [4.69, 9.17) is 4.74 Å². The van der Waals surface area contributed by atoms with Gasteiger partial charge < -0.3 is 4.74 Å². The van der Waals surface area contributed by atoms with Crippen molar-refractivity contribution in [1.82, 2.24) is 0 Å². The average molecular weight is 552 g/mol. The van der Waals surface area contributed by atoms with Crippen molar-refractivity contribution in [3.05, 3.63) is 64.2 Å². The number of nitro benzene ring substituents is 1. The number of hydrogen-bond acceptors (Lipinski definition) is 6. The van der Waals surface area contributed by atoms with Gasteiger partial charge in [0, 0.05) is 21.8 Å². The maximum Gasteiger partial charge on any atom is 0.343 e. The van der Waals surface area contributed by atoms with Gasteiger partial charge in [0.2, 0.25) is 11.8 Å². The molecule has 1 aliphatic carbocycles. The van der Waals surface area contributed by atoms with Crippen LogP contribution in [0.4, 0.5) is 11.4 Å². The number of imide groups is 1. The van der Waals surface area contributed by atoms with E-state index in [1.54, 1.807) is 12.1 Å². The van der Waals surface area contributed by atoms with E-state index in [1.165, 1.54) is 35.2 Å². The molecule has 0 aromatic heterocycles. The largest absolute Gasteiger partial charge is 0.423 e. The van der Waals surface area contributed by atoms with Crippen molar-refractivity contribution in [3.8, 4) is 5.75 Å². The molecule has 2 aromatic rings. The number of halogens is 2. The molecule has 1 saturated heterocycles. The van der Waals surface area contributed by atoms with Crippen LogP contribution in [0, 0.1) is 22.0 Å². The van der Waals surface area contributed by atoms with Crippen molar-refractivity contribution < 1.29 is 24.0 Å². The SMILES string of the molecule is O=C(Oc1ccc(N2C(=O)[C@H]3C[C@@H](Br)[C@@H](Br)C[C@@H]3C2=O)cc1)c1cccc([N+](=O)[O-])c1. The second-order valence-electron chi connectivity index (χ2n) is 7.42. The van der Waals surface area contributed by atoms with Gasteiger partial charge in [-0.25, -0.2) is 4.79 Å². The van der Waals surface area contributed by atoms with Gasteiger partial charge in [0.1, 0.15) is 5.75 Å². The van der Waals surface area contributed by atoms with Crippen LogP contribution < -0.4 is 9.64 Å². The molecule has 8 nitrogen and oxygen atoms in total. The molecule has 0 bridgehead atoms. The van der Waals surface area contributed by atoms with Crippen molar-refractivity contribution in [3.63, 3.8) is 0 Å². The fraction of sp³-hybridized carbons (Fsp3) is 0.286. The Hall–Kier alpha value is -2.59. The lowest BCUT2D eigenvalue weighted by Crippen LogP contribution is -2.34. The normalized spacial score (nSPS) is 25.3. The first-order valence-electron chi connectivity index (χ1n) is 9.49. The number of nitrogens with zero attached hydrogens (tertiary/aromatic N) is 2. The fourth-order valence-electron chi connectivity index (χ4n) is 3.93. The zero-order chi connectivity index (χ0) is 22.3. The van der Waals surface area contributed by atoms with E-state index in [1.807, 2.05) is 0 Å². The van der Waals surface area contributed by atoms with Crippen molar-refractivity contribution in [2.45, 2.75) is 22.5 Å². The van der Waals surface area contributed by atoms with E-state index in [-0.39, 0.29) is 50.3 Å². The van der Waals surface area contributed by atoms with Crippen LogP contribution in [0.15, 0.2) is 48.5 Å². The number of rotatable bonds is 4. The average Bonchev–Trinajstić information content (AvgIpc) is 2.99. The minimum Gasteiger partial charge on any atom is -0.423 e. The van der Waals surface area contributed by atoms with E-state index in [0.29, 0.717) is 18.5 Å². The molecule has 4 rings (SSSR count). The van der Waals surface area contributed by atoms with Crippen LogP contribution in [0.3, 0.4) is 0 Å². The number of carbonyl (C=O) groups excluding carboxylic acids is 3. The summed E-state index contributed by atoms with van der Waals surface area (Å²) >= 11 is 7.13. The zero-order valence-corrected chi connectivity index (χ0v) is 19.1. The van der Waals surface area contributed by atoms with Crippen LogP contribution in [0.25, 0.3) is 0 Å². The Balaban J connectivity index is 1.49. The number of esters is 1. The first-order valence-corrected chi connectivity index (χ1v) is 11.3. The molecule has 4 atom stereocenters. The Bertz CT molecular complexity index is 1050. The fourth-order valence-corrected chi connectivity index (χ4v) is 5.16. The van der Waals surface area contributed by atoms with Crippen molar-refractivity contribution in [2.75, 3.05) is 4.90 Å². The monoisotopic (exact) mass is 550 g/mol. The number of nitro groups is 1. The molecule has 2 aliphatic rings. The topological polar surface area (TPSA) is 107 Å². The summed E-state index contributed by atoms with van der Waals surface area (Å²) in [4.78, 5) is 49.8. The predicted molar refractivity (Wildman–Crippen MR) is 119 cm³/mol. The maximum atomic E-state index is 12.9. The van der Waals surface area contributed by atoms with Crippen LogP contribution in [-0.2, 0) is 9.59 Å². The van der Waals surface area contributed by atoms with Crippen LogP contribution in [0.1, 0.15) is 23.2 Å². The molecule has 2 aromatic carbocycles. The van der Waals surface area contributed by atoms with Crippen LogP contribution in [0.2, 0.25) is 0 Å². The van der Waals surface area contributed by atoms with Gasteiger partial charge >= 0.3 is 5.97 Å². The number of hydrogen-bond donors (Lipinski definition) is 0. The Morgan fingerprint density at radius 2 is 1.58 bits per heavy atom. The number of ether oxygens (including phenoxy) is 1. The van der Waals surface area contributed by atoms with Crippen molar-refractivity contribution in [1.29, 1.82) is 0 Å². The highest BCUT2D eigenvalue weighted by molar-refractivity contribution is 9.12. The molecule has 10 heteroatoms. The molecule has 0 unspecified atom stereocenters. The molecule has 0 spiro atoms. The van der Waals surface area contributed by atoms with E-state index in [9.17, 15) is 24.5 Å². The highest BCUT2D eigenvalue weighted by Crippen LogP contribution is 2.44. The summed E-state index contributed by atoms with van der Waals surface area (Å²) in [6.07, 6.45) is 1.17. The lowest BCUT2D eigenvalue weighted by molar-refractivity contribution is -0.384. The van der Waals surface area contributed by atoms with Crippen LogP contribution in [0.5, 0.6) is 5.75 Å². The third-order valence-corrected chi connectivity index (χ3v) is 8.24. The zero-order valence-electron chi connectivity index (χ0n) is 15.9. The van der Waals surface area contributed by atoms with Crippen molar-refractivity contribution in [2.24, 2.45) is 11.8 Å². The number of anilines is 1. The highest BCUT2D eigenvalue weighted by Gasteiger charge is 2.52. The number of alkyl halides is 2. The third-order valence-electron chi connectivity index (χ3n) is 5.51. The maximum absolute atomic E-state index is 12.9. The molecular weight excluding hydrogens is 536 g/mol. The number of amides is 2. The molecule has 1 aliphatic heterocycles. The van der Waals surface area contributed by atoms with Gasteiger partial charge in [0.15, 0.2) is 0 Å². The quantitative estimate of drug-likeness (QED) is 0.140. The Morgan fingerprint density at radius 1 is 1.00 bits per heavy atom. The lowest BCUT2D eigenvalue weighted by atomic mass is 9.81. The molecule has 1 saturated carbocycles. The first kappa shape index (κ1) is 21.6. The predicted octanol–water partition coefficient (Wildman–Crippen LogP) is 4.24. The number of non-ortho nitro benzene ring substituents is 1. The summed E-state index contributed by atoms with van der Waals surface area (Å²) in [5, 5.41) is 10.9. The molecule has 0 N–H and O–H groups in total. The van der Waals surface area contributed by atoms with Gasteiger partial charge in [-0.3, -0.25) is 24.6 Å². The van der Waals surface area contributed by atoms with Gasteiger partial charge in [-0.15, -0.1) is 0 Å². The van der Waals surface area contributed by atoms with Gasteiger partial charge in [-0.2, -0.15) is 0 Å².